The molecule has 20 heavy (non-hydrogen) atoms. The van der Waals surface area contributed by atoms with Gasteiger partial charge in [0, 0.05) is 11.6 Å². The lowest BCUT2D eigenvalue weighted by atomic mass is 10.0. The van der Waals surface area contributed by atoms with Crippen LogP contribution in [0.4, 0.5) is 0 Å². The van der Waals surface area contributed by atoms with Gasteiger partial charge in [0.15, 0.2) is 5.76 Å². The molecule has 2 aromatic carbocycles. The number of benzene rings is 2. The van der Waals surface area contributed by atoms with Gasteiger partial charge in [-0.1, -0.05) is 56.3 Å². The Kier molecular flexibility index (Phi) is 3.52. The molecule has 1 aromatic heterocycles. The molecule has 0 aliphatic carbocycles. The number of fused-ring (bicyclic) bond motifs is 1. The Labute approximate surface area is 118 Å². The van der Waals surface area contributed by atoms with Crippen LogP contribution in [0.2, 0.25) is 0 Å². The number of nitrogens with one attached hydrogen (secondary N) is 1. The van der Waals surface area contributed by atoms with Crippen molar-refractivity contribution in [1.82, 2.24) is 10.3 Å². The second-order valence-corrected chi connectivity index (χ2v) is 5.18. The summed E-state index contributed by atoms with van der Waals surface area (Å²) in [6, 6.07) is 15.0. The van der Waals surface area contributed by atoms with Crippen molar-refractivity contribution in [2.75, 3.05) is 0 Å². The minimum Gasteiger partial charge on any atom is -0.439 e. The minimum absolute atomic E-state index is 0.419. The number of aromatic nitrogens is 1. The third kappa shape index (κ3) is 2.58. The van der Waals surface area contributed by atoms with Crippen molar-refractivity contribution in [2.45, 2.75) is 26.4 Å². The van der Waals surface area contributed by atoms with Gasteiger partial charge in [-0.2, -0.15) is 0 Å². The first-order valence-electron chi connectivity index (χ1n) is 6.90. The summed E-state index contributed by atoms with van der Waals surface area (Å²) in [7, 11) is 0. The van der Waals surface area contributed by atoms with Crippen LogP contribution in [0.5, 0.6) is 0 Å². The van der Waals surface area contributed by atoms with E-state index in [9.17, 15) is 0 Å². The molecule has 0 aliphatic heterocycles. The average molecular weight is 266 g/mol. The van der Waals surface area contributed by atoms with Gasteiger partial charge in [-0.25, -0.2) is 4.98 Å². The Bertz CT molecular complexity index is 710. The molecule has 0 radical (unpaired) electrons. The molecule has 0 unspecified atom stereocenters. The highest BCUT2D eigenvalue weighted by Gasteiger charge is 2.09. The quantitative estimate of drug-likeness (QED) is 0.775. The standard InChI is InChI=1S/C17H18N2O/c1-12(2)18-11-17-19-10-16(20-17)15-9-5-7-13-6-3-4-8-14(13)15/h3-10,12,18H,11H2,1-2H3. The molecule has 3 aromatic rings. The second-order valence-electron chi connectivity index (χ2n) is 5.18. The van der Waals surface area contributed by atoms with Crippen molar-refractivity contribution >= 4 is 10.8 Å². The third-order valence-corrected chi connectivity index (χ3v) is 3.27. The highest BCUT2D eigenvalue weighted by molar-refractivity contribution is 5.95. The van der Waals surface area contributed by atoms with E-state index in [0.29, 0.717) is 12.6 Å². The minimum atomic E-state index is 0.419. The predicted octanol–water partition coefficient (Wildman–Crippen LogP) is 3.99. The fraction of sp³-hybridized carbons (Fsp3) is 0.235. The Hall–Kier alpha value is -2.13. The lowest BCUT2D eigenvalue weighted by Gasteiger charge is -2.05. The zero-order valence-corrected chi connectivity index (χ0v) is 11.8. The van der Waals surface area contributed by atoms with Gasteiger partial charge in [-0.3, -0.25) is 0 Å². The molecule has 0 amide bonds. The van der Waals surface area contributed by atoms with Crippen LogP contribution in [0.3, 0.4) is 0 Å². The van der Waals surface area contributed by atoms with Crippen molar-refractivity contribution in [3.63, 3.8) is 0 Å². The van der Waals surface area contributed by atoms with Crippen molar-refractivity contribution in [3.8, 4) is 11.3 Å². The summed E-state index contributed by atoms with van der Waals surface area (Å²) >= 11 is 0. The Balaban J connectivity index is 1.95. The van der Waals surface area contributed by atoms with E-state index in [1.807, 2.05) is 18.2 Å². The van der Waals surface area contributed by atoms with Crippen LogP contribution in [-0.2, 0) is 6.54 Å². The summed E-state index contributed by atoms with van der Waals surface area (Å²) in [6.07, 6.45) is 1.80. The summed E-state index contributed by atoms with van der Waals surface area (Å²) in [5.74, 6) is 1.55. The van der Waals surface area contributed by atoms with Crippen LogP contribution in [-0.4, -0.2) is 11.0 Å². The highest BCUT2D eigenvalue weighted by Crippen LogP contribution is 2.28. The molecule has 0 spiro atoms. The van der Waals surface area contributed by atoms with Gasteiger partial charge in [0.2, 0.25) is 5.89 Å². The Morgan fingerprint density at radius 1 is 1.10 bits per heavy atom. The summed E-state index contributed by atoms with van der Waals surface area (Å²) in [5.41, 5.74) is 1.09. The molecular formula is C17H18N2O. The van der Waals surface area contributed by atoms with Gasteiger partial charge >= 0.3 is 0 Å². The number of rotatable bonds is 4. The van der Waals surface area contributed by atoms with Crippen LogP contribution in [0.1, 0.15) is 19.7 Å². The average Bonchev–Trinajstić information content (AvgIpc) is 2.93. The summed E-state index contributed by atoms with van der Waals surface area (Å²) in [4.78, 5) is 4.34. The SMILES string of the molecule is CC(C)NCc1ncc(-c2cccc3ccccc23)o1. The number of oxazole rings is 1. The van der Waals surface area contributed by atoms with E-state index in [0.717, 1.165) is 17.2 Å². The third-order valence-electron chi connectivity index (χ3n) is 3.27. The van der Waals surface area contributed by atoms with E-state index in [4.69, 9.17) is 4.42 Å². The van der Waals surface area contributed by atoms with E-state index < -0.39 is 0 Å². The van der Waals surface area contributed by atoms with Gasteiger partial charge < -0.3 is 9.73 Å². The van der Waals surface area contributed by atoms with Crippen LogP contribution in [0, 0.1) is 0 Å². The normalized spacial score (nSPS) is 11.3. The topological polar surface area (TPSA) is 38.1 Å². The predicted molar refractivity (Wildman–Crippen MR) is 81.4 cm³/mol. The summed E-state index contributed by atoms with van der Waals surface area (Å²) in [5, 5.41) is 5.71. The highest BCUT2D eigenvalue weighted by atomic mass is 16.4. The largest absolute Gasteiger partial charge is 0.439 e. The first-order valence-corrected chi connectivity index (χ1v) is 6.90. The molecule has 0 fully saturated rings. The van der Waals surface area contributed by atoms with Crippen LogP contribution in [0.15, 0.2) is 53.1 Å². The molecule has 0 bridgehead atoms. The maximum atomic E-state index is 5.85. The maximum absolute atomic E-state index is 5.85. The van der Waals surface area contributed by atoms with Gasteiger partial charge in [-0.05, 0) is 10.8 Å². The van der Waals surface area contributed by atoms with E-state index in [-0.39, 0.29) is 0 Å². The van der Waals surface area contributed by atoms with E-state index in [2.05, 4.69) is 48.4 Å². The molecular weight excluding hydrogens is 248 g/mol. The molecule has 0 saturated heterocycles. The van der Waals surface area contributed by atoms with E-state index in [1.165, 1.54) is 10.8 Å². The maximum Gasteiger partial charge on any atom is 0.208 e. The number of hydrogen-bond donors (Lipinski definition) is 1. The van der Waals surface area contributed by atoms with Crippen LogP contribution < -0.4 is 5.32 Å². The van der Waals surface area contributed by atoms with Crippen LogP contribution in [0.25, 0.3) is 22.1 Å². The molecule has 3 heteroatoms. The van der Waals surface area contributed by atoms with Crippen molar-refractivity contribution in [3.05, 3.63) is 54.6 Å². The molecule has 3 rings (SSSR count). The Morgan fingerprint density at radius 3 is 2.75 bits per heavy atom. The van der Waals surface area contributed by atoms with E-state index >= 15 is 0 Å². The van der Waals surface area contributed by atoms with Crippen LogP contribution >= 0.6 is 0 Å². The summed E-state index contributed by atoms with van der Waals surface area (Å²) in [6.45, 7) is 4.87. The smallest absolute Gasteiger partial charge is 0.208 e. The molecule has 1 N–H and O–H groups in total. The van der Waals surface area contributed by atoms with E-state index in [1.54, 1.807) is 6.20 Å². The van der Waals surface area contributed by atoms with Gasteiger partial charge in [0.05, 0.1) is 12.7 Å². The molecule has 0 atom stereocenters. The Morgan fingerprint density at radius 2 is 1.90 bits per heavy atom. The van der Waals surface area contributed by atoms with Crippen molar-refractivity contribution in [1.29, 1.82) is 0 Å². The summed E-state index contributed by atoms with van der Waals surface area (Å²) < 4.78 is 5.85. The first-order chi connectivity index (χ1) is 9.74. The fourth-order valence-electron chi connectivity index (χ4n) is 2.25. The second kappa shape index (κ2) is 5.47. The molecule has 1 heterocycles. The molecule has 3 nitrogen and oxygen atoms in total. The van der Waals surface area contributed by atoms with Gasteiger partial charge in [0.25, 0.3) is 0 Å². The van der Waals surface area contributed by atoms with Gasteiger partial charge in [0.1, 0.15) is 0 Å². The van der Waals surface area contributed by atoms with Gasteiger partial charge in [-0.15, -0.1) is 0 Å². The number of hydrogen-bond acceptors (Lipinski definition) is 3. The monoisotopic (exact) mass is 266 g/mol. The zero-order valence-electron chi connectivity index (χ0n) is 11.8. The first kappa shape index (κ1) is 12.9. The lowest BCUT2D eigenvalue weighted by Crippen LogP contribution is -2.21. The lowest BCUT2D eigenvalue weighted by molar-refractivity contribution is 0.459. The zero-order chi connectivity index (χ0) is 13.9. The number of nitrogens with zero attached hydrogens (tertiary/aromatic N) is 1. The molecule has 0 saturated carbocycles. The van der Waals surface area contributed by atoms with Crippen molar-refractivity contribution < 1.29 is 4.42 Å². The fourth-order valence-corrected chi connectivity index (χ4v) is 2.25. The molecule has 0 aliphatic rings. The molecule has 102 valence electrons. The van der Waals surface area contributed by atoms with Crippen molar-refractivity contribution in [2.24, 2.45) is 0 Å².